The SMILES string of the molecule is N#Cc1ccc(CNc2nc(C(N)C(=O)O)cs2)cc1. The zero-order valence-electron chi connectivity index (χ0n) is 10.4. The predicted molar refractivity (Wildman–Crippen MR) is 75.2 cm³/mol. The predicted octanol–water partition coefficient (Wildman–Crippen LogP) is 1.71. The summed E-state index contributed by atoms with van der Waals surface area (Å²) < 4.78 is 0. The third-order valence-corrected chi connectivity index (χ3v) is 3.45. The lowest BCUT2D eigenvalue weighted by molar-refractivity contribution is -0.138. The van der Waals surface area contributed by atoms with Gasteiger partial charge in [-0.2, -0.15) is 5.26 Å². The van der Waals surface area contributed by atoms with Gasteiger partial charge >= 0.3 is 5.97 Å². The second-order valence-electron chi connectivity index (χ2n) is 4.06. The monoisotopic (exact) mass is 288 g/mol. The van der Waals surface area contributed by atoms with Crippen molar-refractivity contribution < 1.29 is 9.90 Å². The van der Waals surface area contributed by atoms with Crippen molar-refractivity contribution in [2.75, 3.05) is 5.32 Å². The molecule has 0 aliphatic rings. The standard InChI is InChI=1S/C13H12N4O2S/c14-5-8-1-3-9(4-2-8)6-16-13-17-10(7-20-13)11(15)12(18)19/h1-4,7,11H,6,15H2,(H,16,17)(H,18,19). The van der Waals surface area contributed by atoms with Crippen LogP contribution >= 0.6 is 11.3 Å². The van der Waals surface area contributed by atoms with Crippen molar-refractivity contribution in [2.24, 2.45) is 5.73 Å². The highest BCUT2D eigenvalue weighted by Crippen LogP contribution is 2.20. The summed E-state index contributed by atoms with van der Waals surface area (Å²) in [6.07, 6.45) is 0. The minimum atomic E-state index is -1.10. The van der Waals surface area contributed by atoms with E-state index in [1.54, 1.807) is 17.5 Å². The van der Waals surface area contributed by atoms with Crippen LogP contribution in [0.3, 0.4) is 0 Å². The zero-order chi connectivity index (χ0) is 14.5. The van der Waals surface area contributed by atoms with Crippen LogP contribution in [-0.2, 0) is 11.3 Å². The van der Waals surface area contributed by atoms with E-state index in [2.05, 4.69) is 16.4 Å². The van der Waals surface area contributed by atoms with Crippen molar-refractivity contribution in [1.29, 1.82) is 5.26 Å². The lowest BCUT2D eigenvalue weighted by Crippen LogP contribution is -2.20. The molecule has 1 atom stereocenters. The second kappa shape index (κ2) is 6.14. The number of carboxylic acids is 1. The van der Waals surface area contributed by atoms with Crippen molar-refractivity contribution in [1.82, 2.24) is 4.98 Å². The van der Waals surface area contributed by atoms with Gasteiger partial charge in [-0.25, -0.2) is 4.98 Å². The molecule has 0 saturated heterocycles. The number of benzene rings is 1. The Kier molecular flexibility index (Phi) is 4.30. The molecule has 1 unspecified atom stereocenters. The minimum Gasteiger partial charge on any atom is -0.480 e. The number of nitrogens with zero attached hydrogens (tertiary/aromatic N) is 2. The van der Waals surface area contributed by atoms with Crippen LogP contribution in [0.2, 0.25) is 0 Å². The van der Waals surface area contributed by atoms with E-state index >= 15 is 0 Å². The van der Waals surface area contributed by atoms with Gasteiger partial charge in [0.05, 0.1) is 17.3 Å². The summed E-state index contributed by atoms with van der Waals surface area (Å²) in [5.41, 5.74) is 7.43. The average Bonchev–Trinajstić information content (AvgIpc) is 2.93. The number of aliphatic carboxylic acids is 1. The highest BCUT2D eigenvalue weighted by molar-refractivity contribution is 7.13. The summed E-state index contributed by atoms with van der Waals surface area (Å²) in [5.74, 6) is -1.10. The number of nitriles is 1. The molecule has 4 N–H and O–H groups in total. The Morgan fingerprint density at radius 2 is 2.20 bits per heavy atom. The first-order valence-corrected chi connectivity index (χ1v) is 6.65. The van der Waals surface area contributed by atoms with E-state index in [1.807, 2.05) is 12.1 Å². The molecule has 1 heterocycles. The highest BCUT2D eigenvalue weighted by atomic mass is 32.1. The Morgan fingerprint density at radius 3 is 2.80 bits per heavy atom. The number of carboxylic acid groups (broad SMARTS) is 1. The number of rotatable bonds is 5. The molecule has 20 heavy (non-hydrogen) atoms. The lowest BCUT2D eigenvalue weighted by atomic mass is 10.1. The van der Waals surface area contributed by atoms with Gasteiger partial charge in [-0.15, -0.1) is 11.3 Å². The van der Waals surface area contributed by atoms with E-state index in [9.17, 15) is 4.79 Å². The van der Waals surface area contributed by atoms with Gasteiger partial charge in [0.15, 0.2) is 5.13 Å². The number of carbonyl (C=O) groups is 1. The van der Waals surface area contributed by atoms with Gasteiger partial charge in [0.25, 0.3) is 0 Å². The molecule has 0 saturated carbocycles. The first-order chi connectivity index (χ1) is 9.60. The van der Waals surface area contributed by atoms with Crippen LogP contribution in [0, 0.1) is 11.3 Å². The summed E-state index contributed by atoms with van der Waals surface area (Å²) in [6, 6.07) is 8.14. The molecule has 1 aromatic carbocycles. The van der Waals surface area contributed by atoms with Crippen LogP contribution < -0.4 is 11.1 Å². The molecule has 0 aliphatic carbocycles. The zero-order valence-corrected chi connectivity index (χ0v) is 11.2. The Balaban J connectivity index is 1.97. The lowest BCUT2D eigenvalue weighted by Gasteiger charge is -2.03. The van der Waals surface area contributed by atoms with Gasteiger partial charge in [-0.1, -0.05) is 12.1 Å². The molecule has 7 heteroatoms. The first-order valence-electron chi connectivity index (χ1n) is 5.77. The smallest absolute Gasteiger partial charge is 0.326 e. The van der Waals surface area contributed by atoms with Gasteiger partial charge in [0.1, 0.15) is 6.04 Å². The van der Waals surface area contributed by atoms with E-state index in [4.69, 9.17) is 16.1 Å². The molecule has 2 aromatic rings. The van der Waals surface area contributed by atoms with E-state index in [0.717, 1.165) is 5.56 Å². The Bertz CT molecular complexity index is 645. The largest absolute Gasteiger partial charge is 0.480 e. The van der Waals surface area contributed by atoms with Gasteiger partial charge < -0.3 is 16.2 Å². The van der Waals surface area contributed by atoms with E-state index in [-0.39, 0.29) is 0 Å². The Labute approximate surface area is 119 Å². The molecule has 0 radical (unpaired) electrons. The van der Waals surface area contributed by atoms with Crippen LogP contribution in [0.5, 0.6) is 0 Å². The van der Waals surface area contributed by atoms with Crippen LogP contribution in [0.25, 0.3) is 0 Å². The highest BCUT2D eigenvalue weighted by Gasteiger charge is 2.17. The van der Waals surface area contributed by atoms with Crippen molar-refractivity contribution in [3.05, 3.63) is 46.5 Å². The van der Waals surface area contributed by atoms with Gasteiger partial charge in [-0.3, -0.25) is 4.79 Å². The number of thiazole rings is 1. The summed E-state index contributed by atoms with van der Waals surface area (Å²) in [6.45, 7) is 0.543. The van der Waals surface area contributed by atoms with Crippen LogP contribution in [-0.4, -0.2) is 16.1 Å². The van der Waals surface area contributed by atoms with Crippen molar-refractivity contribution >= 4 is 22.4 Å². The number of hydrogen-bond acceptors (Lipinski definition) is 6. The Morgan fingerprint density at radius 1 is 1.50 bits per heavy atom. The summed E-state index contributed by atoms with van der Waals surface area (Å²) in [5, 5.41) is 22.8. The Hall–Kier alpha value is -2.43. The number of hydrogen-bond donors (Lipinski definition) is 3. The van der Waals surface area contributed by atoms with E-state index < -0.39 is 12.0 Å². The third kappa shape index (κ3) is 3.32. The summed E-state index contributed by atoms with van der Waals surface area (Å²) >= 11 is 1.30. The van der Waals surface area contributed by atoms with Crippen LogP contribution in [0.4, 0.5) is 5.13 Å². The summed E-state index contributed by atoms with van der Waals surface area (Å²) in [4.78, 5) is 14.9. The maximum atomic E-state index is 10.7. The molecule has 2 rings (SSSR count). The molecule has 0 bridgehead atoms. The van der Waals surface area contributed by atoms with Crippen molar-refractivity contribution in [3.8, 4) is 6.07 Å². The van der Waals surface area contributed by atoms with Gasteiger partial charge in [-0.05, 0) is 17.7 Å². The molecule has 0 fully saturated rings. The topological polar surface area (TPSA) is 112 Å². The number of aromatic nitrogens is 1. The molecular weight excluding hydrogens is 276 g/mol. The average molecular weight is 288 g/mol. The molecule has 0 spiro atoms. The van der Waals surface area contributed by atoms with Crippen molar-refractivity contribution in [3.63, 3.8) is 0 Å². The normalized spacial score (nSPS) is 11.6. The fourth-order valence-corrected chi connectivity index (χ4v) is 2.26. The maximum Gasteiger partial charge on any atom is 0.326 e. The number of nitrogens with one attached hydrogen (secondary N) is 1. The van der Waals surface area contributed by atoms with Crippen LogP contribution in [0.1, 0.15) is 22.9 Å². The molecule has 102 valence electrons. The summed E-state index contributed by atoms with van der Waals surface area (Å²) in [7, 11) is 0. The molecule has 1 aromatic heterocycles. The molecule has 0 aliphatic heterocycles. The quantitative estimate of drug-likeness (QED) is 0.772. The number of nitrogens with two attached hydrogens (primary N) is 1. The van der Waals surface area contributed by atoms with Gasteiger partial charge in [0.2, 0.25) is 0 Å². The maximum absolute atomic E-state index is 10.7. The fourth-order valence-electron chi connectivity index (χ4n) is 1.51. The third-order valence-electron chi connectivity index (χ3n) is 2.63. The fraction of sp³-hybridized carbons (Fsp3) is 0.154. The van der Waals surface area contributed by atoms with Gasteiger partial charge in [0, 0.05) is 11.9 Å². The second-order valence-corrected chi connectivity index (χ2v) is 4.91. The first kappa shape index (κ1) is 14.0. The molecule has 0 amide bonds. The van der Waals surface area contributed by atoms with Crippen LogP contribution in [0.15, 0.2) is 29.6 Å². The minimum absolute atomic E-state index is 0.338. The molecular formula is C13H12N4O2S. The molecule has 6 nitrogen and oxygen atoms in total. The van der Waals surface area contributed by atoms with Crippen molar-refractivity contribution in [2.45, 2.75) is 12.6 Å². The van der Waals surface area contributed by atoms with E-state index in [1.165, 1.54) is 11.3 Å². The van der Waals surface area contributed by atoms with E-state index in [0.29, 0.717) is 22.9 Å². The number of anilines is 1.